The molecule has 0 radical (unpaired) electrons. The number of halogens is 1. The lowest BCUT2D eigenvalue weighted by Crippen LogP contribution is -2.38. The Hall–Kier alpha value is -0.930. The molecule has 0 heterocycles. The average molecular weight is 196 g/mol. The second-order valence-corrected chi connectivity index (χ2v) is 3.90. The van der Waals surface area contributed by atoms with Gasteiger partial charge in [-0.1, -0.05) is 26.0 Å². The van der Waals surface area contributed by atoms with Gasteiger partial charge in [0.15, 0.2) is 0 Å². The lowest BCUT2D eigenvalue weighted by atomic mass is 9.93. The lowest BCUT2D eigenvalue weighted by Gasteiger charge is -2.23. The van der Waals surface area contributed by atoms with Gasteiger partial charge in [0.2, 0.25) is 0 Å². The summed E-state index contributed by atoms with van der Waals surface area (Å²) in [4.78, 5) is 0. The van der Waals surface area contributed by atoms with E-state index in [4.69, 9.17) is 11.5 Å². The normalized spacial score (nSPS) is 15.6. The number of rotatable bonds is 3. The first-order chi connectivity index (χ1) is 6.52. The van der Waals surface area contributed by atoms with Crippen molar-refractivity contribution in [1.82, 2.24) is 0 Å². The summed E-state index contributed by atoms with van der Waals surface area (Å²) in [6.45, 7) is 4.04. The van der Waals surface area contributed by atoms with Crippen LogP contribution in [0.25, 0.3) is 0 Å². The van der Waals surface area contributed by atoms with E-state index in [-0.39, 0.29) is 17.9 Å². The number of hydrogen-bond acceptors (Lipinski definition) is 2. The molecule has 2 unspecified atom stereocenters. The van der Waals surface area contributed by atoms with Crippen molar-refractivity contribution in [2.45, 2.75) is 25.9 Å². The van der Waals surface area contributed by atoms with E-state index in [2.05, 4.69) is 0 Å². The fourth-order valence-corrected chi connectivity index (χ4v) is 1.32. The van der Waals surface area contributed by atoms with Crippen LogP contribution >= 0.6 is 0 Å². The molecule has 14 heavy (non-hydrogen) atoms. The summed E-state index contributed by atoms with van der Waals surface area (Å²) in [6, 6.07) is 5.85. The second kappa shape index (κ2) is 4.53. The van der Waals surface area contributed by atoms with Gasteiger partial charge in [-0.3, -0.25) is 0 Å². The van der Waals surface area contributed by atoms with Crippen LogP contribution in [0.2, 0.25) is 0 Å². The van der Waals surface area contributed by atoms with E-state index in [1.807, 2.05) is 13.8 Å². The molecule has 0 aliphatic rings. The molecule has 1 rings (SSSR count). The van der Waals surface area contributed by atoms with E-state index in [1.165, 1.54) is 12.1 Å². The molecule has 0 amide bonds. The first-order valence-corrected chi connectivity index (χ1v) is 4.79. The van der Waals surface area contributed by atoms with E-state index >= 15 is 0 Å². The van der Waals surface area contributed by atoms with Crippen molar-refractivity contribution in [3.8, 4) is 0 Å². The van der Waals surface area contributed by atoms with Gasteiger partial charge in [-0.2, -0.15) is 0 Å². The zero-order valence-electron chi connectivity index (χ0n) is 8.57. The molecule has 0 aliphatic heterocycles. The molecule has 0 saturated heterocycles. The van der Waals surface area contributed by atoms with Crippen molar-refractivity contribution in [3.63, 3.8) is 0 Å². The minimum atomic E-state index is -0.251. The fraction of sp³-hybridized carbons (Fsp3) is 0.455. The Morgan fingerprint density at radius 3 is 2.00 bits per heavy atom. The van der Waals surface area contributed by atoms with E-state index in [0.717, 1.165) is 5.56 Å². The highest BCUT2D eigenvalue weighted by Crippen LogP contribution is 2.17. The highest BCUT2D eigenvalue weighted by atomic mass is 19.1. The standard InChI is InChI=1S/C11H17FN2/c1-7(2)10(13)11(14)8-3-5-9(12)6-4-8/h3-7,10-11H,13-14H2,1-2H3. The summed E-state index contributed by atoms with van der Waals surface area (Å²) in [5, 5.41) is 0. The molecule has 2 nitrogen and oxygen atoms in total. The molecule has 78 valence electrons. The first-order valence-electron chi connectivity index (χ1n) is 4.79. The number of hydrogen-bond donors (Lipinski definition) is 2. The second-order valence-electron chi connectivity index (χ2n) is 3.90. The third-order valence-electron chi connectivity index (χ3n) is 2.44. The first kappa shape index (κ1) is 11.1. The third-order valence-corrected chi connectivity index (χ3v) is 2.44. The van der Waals surface area contributed by atoms with Crippen molar-refractivity contribution >= 4 is 0 Å². The summed E-state index contributed by atoms with van der Waals surface area (Å²) in [7, 11) is 0. The Morgan fingerprint density at radius 1 is 1.07 bits per heavy atom. The molecule has 2 atom stereocenters. The highest BCUT2D eigenvalue weighted by molar-refractivity contribution is 5.21. The summed E-state index contributed by atoms with van der Waals surface area (Å²) >= 11 is 0. The van der Waals surface area contributed by atoms with Gasteiger partial charge in [0.05, 0.1) is 0 Å². The van der Waals surface area contributed by atoms with Gasteiger partial charge in [-0.15, -0.1) is 0 Å². The molecule has 1 aromatic carbocycles. The Kier molecular flexibility index (Phi) is 3.61. The molecule has 0 spiro atoms. The summed E-state index contributed by atoms with van der Waals surface area (Å²) in [6.07, 6.45) is 0. The predicted molar refractivity (Wildman–Crippen MR) is 56.1 cm³/mol. The van der Waals surface area contributed by atoms with Crippen LogP contribution in [-0.2, 0) is 0 Å². The molecule has 4 N–H and O–H groups in total. The molecule has 1 aromatic rings. The van der Waals surface area contributed by atoms with Crippen molar-refractivity contribution < 1.29 is 4.39 Å². The number of nitrogens with two attached hydrogens (primary N) is 2. The average Bonchev–Trinajstić information content (AvgIpc) is 2.16. The Labute approximate surface area is 84.1 Å². The van der Waals surface area contributed by atoms with Crippen LogP contribution in [-0.4, -0.2) is 6.04 Å². The molecule has 0 fully saturated rings. The van der Waals surface area contributed by atoms with Crippen LogP contribution in [0.15, 0.2) is 24.3 Å². The summed E-state index contributed by atoms with van der Waals surface area (Å²) < 4.78 is 12.6. The SMILES string of the molecule is CC(C)C(N)C(N)c1ccc(F)cc1. The fourth-order valence-electron chi connectivity index (χ4n) is 1.32. The smallest absolute Gasteiger partial charge is 0.123 e. The van der Waals surface area contributed by atoms with Crippen molar-refractivity contribution in [2.75, 3.05) is 0 Å². The highest BCUT2D eigenvalue weighted by Gasteiger charge is 2.18. The quantitative estimate of drug-likeness (QED) is 0.774. The van der Waals surface area contributed by atoms with E-state index in [0.29, 0.717) is 5.92 Å². The van der Waals surface area contributed by atoms with Crippen molar-refractivity contribution in [2.24, 2.45) is 17.4 Å². The Bertz CT molecular complexity index is 282. The van der Waals surface area contributed by atoms with Gasteiger partial charge in [0.25, 0.3) is 0 Å². The maximum Gasteiger partial charge on any atom is 0.123 e. The molecule has 0 aromatic heterocycles. The number of benzene rings is 1. The van der Waals surface area contributed by atoms with Crippen LogP contribution in [0.4, 0.5) is 4.39 Å². The monoisotopic (exact) mass is 196 g/mol. The molecule has 3 heteroatoms. The molecule has 0 saturated carbocycles. The Balaban J connectivity index is 2.78. The van der Waals surface area contributed by atoms with Gasteiger partial charge >= 0.3 is 0 Å². The molecule has 0 bridgehead atoms. The molecule has 0 aliphatic carbocycles. The maximum atomic E-state index is 12.6. The lowest BCUT2D eigenvalue weighted by molar-refractivity contribution is 0.423. The maximum absolute atomic E-state index is 12.6. The largest absolute Gasteiger partial charge is 0.326 e. The molecular weight excluding hydrogens is 179 g/mol. The van der Waals surface area contributed by atoms with Crippen LogP contribution in [0, 0.1) is 11.7 Å². The van der Waals surface area contributed by atoms with Gasteiger partial charge in [0, 0.05) is 12.1 Å². The predicted octanol–water partition coefficient (Wildman–Crippen LogP) is 1.81. The van der Waals surface area contributed by atoms with Gasteiger partial charge in [-0.05, 0) is 23.6 Å². The van der Waals surface area contributed by atoms with Gasteiger partial charge in [0.1, 0.15) is 5.82 Å². The topological polar surface area (TPSA) is 52.0 Å². The Morgan fingerprint density at radius 2 is 1.57 bits per heavy atom. The van der Waals surface area contributed by atoms with Gasteiger partial charge < -0.3 is 11.5 Å². The summed E-state index contributed by atoms with van der Waals surface area (Å²) in [5.41, 5.74) is 12.7. The zero-order chi connectivity index (χ0) is 10.7. The zero-order valence-corrected chi connectivity index (χ0v) is 8.57. The summed E-state index contributed by atoms with van der Waals surface area (Å²) in [5.74, 6) is 0.0640. The van der Waals surface area contributed by atoms with Crippen molar-refractivity contribution in [3.05, 3.63) is 35.6 Å². The van der Waals surface area contributed by atoms with Crippen LogP contribution in [0.1, 0.15) is 25.5 Å². The van der Waals surface area contributed by atoms with E-state index in [1.54, 1.807) is 12.1 Å². The minimum Gasteiger partial charge on any atom is -0.326 e. The third kappa shape index (κ3) is 2.53. The van der Waals surface area contributed by atoms with Crippen LogP contribution in [0.5, 0.6) is 0 Å². The van der Waals surface area contributed by atoms with Gasteiger partial charge in [-0.25, -0.2) is 4.39 Å². The van der Waals surface area contributed by atoms with Crippen LogP contribution in [0.3, 0.4) is 0 Å². The minimum absolute atomic E-state index is 0.0968. The van der Waals surface area contributed by atoms with E-state index < -0.39 is 0 Å². The van der Waals surface area contributed by atoms with Crippen molar-refractivity contribution in [1.29, 1.82) is 0 Å². The van der Waals surface area contributed by atoms with E-state index in [9.17, 15) is 4.39 Å². The molecular formula is C11H17FN2. The van der Waals surface area contributed by atoms with Crippen LogP contribution < -0.4 is 11.5 Å².